The van der Waals surface area contributed by atoms with Gasteiger partial charge in [0.15, 0.2) is 0 Å². The van der Waals surface area contributed by atoms with Gasteiger partial charge in [-0.1, -0.05) is 64.6 Å². The van der Waals surface area contributed by atoms with Gasteiger partial charge in [-0.25, -0.2) is 9.97 Å². The number of aromatic nitrogens is 2. The smallest absolute Gasteiger partial charge is 0.134 e. The third-order valence-electron chi connectivity index (χ3n) is 2.44. The van der Waals surface area contributed by atoms with Gasteiger partial charge in [0.05, 0.1) is 0 Å². The molecule has 3 rings (SSSR count). The molecule has 0 aliphatic carbocycles. The molecule has 0 fully saturated rings. The molecule has 3 nitrogen and oxygen atoms in total. The van der Waals surface area contributed by atoms with Crippen molar-refractivity contribution in [2.75, 3.05) is 0 Å². The van der Waals surface area contributed by atoms with E-state index in [-0.39, 0.29) is 0 Å². The van der Waals surface area contributed by atoms with Gasteiger partial charge in [0.1, 0.15) is 32.1 Å². The molecule has 0 saturated carbocycles. The molecule has 0 N–H and O–H groups in total. The van der Waals surface area contributed by atoms with Gasteiger partial charge in [-0.2, -0.15) is 0 Å². The summed E-state index contributed by atoms with van der Waals surface area (Å²) in [6.45, 7) is 0. The minimum absolute atomic E-state index is 0.313. The number of rotatable bonds is 2. The maximum atomic E-state index is 5.74. The first-order valence-electron chi connectivity index (χ1n) is 6.47. The first kappa shape index (κ1) is 19.5. The zero-order valence-electron chi connectivity index (χ0n) is 11.9. The lowest BCUT2D eigenvalue weighted by Crippen LogP contribution is -1.85. The highest BCUT2D eigenvalue weighted by Gasteiger charge is 2.01. The summed E-state index contributed by atoms with van der Waals surface area (Å²) >= 11 is 24.7. The van der Waals surface area contributed by atoms with Crippen LogP contribution in [-0.4, -0.2) is 9.97 Å². The molecular formula is C16H9Cl4IN2O. The van der Waals surface area contributed by atoms with Crippen LogP contribution in [0.3, 0.4) is 0 Å². The Labute approximate surface area is 173 Å². The van der Waals surface area contributed by atoms with Crippen molar-refractivity contribution in [3.8, 4) is 11.5 Å². The Morgan fingerprint density at radius 1 is 0.667 bits per heavy atom. The molecule has 24 heavy (non-hydrogen) atoms. The Morgan fingerprint density at radius 3 is 1.58 bits per heavy atom. The number of para-hydroxylation sites is 1. The minimum atomic E-state index is 0.313. The van der Waals surface area contributed by atoms with Crippen LogP contribution in [0.15, 0.2) is 54.6 Å². The Kier molecular flexibility index (Phi) is 7.84. The van der Waals surface area contributed by atoms with Gasteiger partial charge in [-0.05, 0) is 46.9 Å². The second-order valence-corrected chi connectivity index (χ2v) is 7.09. The maximum Gasteiger partial charge on any atom is 0.134 e. The quantitative estimate of drug-likeness (QED) is 0.269. The minimum Gasteiger partial charge on any atom is -0.457 e. The molecule has 0 aliphatic rings. The summed E-state index contributed by atoms with van der Waals surface area (Å²) in [7, 11) is 0. The van der Waals surface area contributed by atoms with Crippen molar-refractivity contribution in [1.29, 1.82) is 0 Å². The number of benzene rings is 1. The van der Waals surface area contributed by atoms with Gasteiger partial charge in [-0.15, -0.1) is 0 Å². The number of halogens is 5. The van der Waals surface area contributed by atoms with Crippen molar-refractivity contribution in [2.24, 2.45) is 0 Å². The van der Waals surface area contributed by atoms with E-state index in [1.807, 2.05) is 30.3 Å². The number of pyridine rings is 2. The van der Waals surface area contributed by atoms with Crippen LogP contribution in [0.1, 0.15) is 0 Å². The van der Waals surface area contributed by atoms with E-state index in [9.17, 15) is 0 Å². The summed E-state index contributed by atoms with van der Waals surface area (Å²) < 4.78 is 6.53. The van der Waals surface area contributed by atoms with Gasteiger partial charge in [0.2, 0.25) is 0 Å². The van der Waals surface area contributed by atoms with Crippen molar-refractivity contribution < 1.29 is 4.74 Å². The van der Waals surface area contributed by atoms with E-state index in [1.54, 1.807) is 24.3 Å². The lowest BCUT2D eigenvalue weighted by molar-refractivity contribution is 0.482. The molecule has 2 aromatic heterocycles. The van der Waals surface area contributed by atoms with Gasteiger partial charge >= 0.3 is 0 Å². The topological polar surface area (TPSA) is 35.0 Å². The molecule has 1 aromatic carbocycles. The molecule has 0 unspecified atom stereocenters. The van der Waals surface area contributed by atoms with E-state index in [0.717, 1.165) is 9.32 Å². The molecule has 0 bridgehead atoms. The molecule has 3 aromatic rings. The molecule has 8 heteroatoms. The van der Waals surface area contributed by atoms with Crippen LogP contribution in [0, 0.1) is 3.57 Å². The highest BCUT2D eigenvalue weighted by atomic mass is 127. The molecule has 124 valence electrons. The van der Waals surface area contributed by atoms with E-state index in [0.29, 0.717) is 26.4 Å². The average molecular weight is 514 g/mol. The van der Waals surface area contributed by atoms with Crippen LogP contribution >= 0.6 is 69.0 Å². The molecule has 0 aliphatic heterocycles. The van der Waals surface area contributed by atoms with E-state index in [2.05, 4.69) is 32.6 Å². The third-order valence-corrected chi connectivity index (χ3v) is 3.84. The molecule has 0 atom stereocenters. The summed E-state index contributed by atoms with van der Waals surface area (Å²) in [6, 6.07) is 16.1. The Balaban J connectivity index is 0.000000198. The van der Waals surface area contributed by atoms with E-state index >= 15 is 0 Å². The average Bonchev–Trinajstić information content (AvgIpc) is 2.46. The molecule has 0 spiro atoms. The zero-order chi connectivity index (χ0) is 17.5. The van der Waals surface area contributed by atoms with E-state index in [1.165, 1.54) is 0 Å². The number of hydrogen-bond donors (Lipinski definition) is 0. The highest BCUT2D eigenvalue weighted by molar-refractivity contribution is 14.1. The first-order chi connectivity index (χ1) is 11.4. The van der Waals surface area contributed by atoms with Gasteiger partial charge in [-0.3, -0.25) is 0 Å². The van der Waals surface area contributed by atoms with Gasteiger partial charge < -0.3 is 4.74 Å². The van der Waals surface area contributed by atoms with Crippen LogP contribution in [0.4, 0.5) is 0 Å². The molecule has 0 saturated heterocycles. The fourth-order valence-electron chi connectivity index (χ4n) is 1.56. The number of hydrogen-bond acceptors (Lipinski definition) is 3. The third kappa shape index (κ3) is 6.99. The number of nitrogens with zero attached hydrogens (tertiary/aromatic N) is 2. The van der Waals surface area contributed by atoms with Crippen LogP contribution in [0.25, 0.3) is 0 Å². The van der Waals surface area contributed by atoms with Crippen LogP contribution in [0.2, 0.25) is 20.6 Å². The second kappa shape index (κ2) is 9.63. The van der Waals surface area contributed by atoms with Crippen molar-refractivity contribution in [3.63, 3.8) is 0 Å². The van der Waals surface area contributed by atoms with E-state index < -0.39 is 0 Å². The first-order valence-corrected chi connectivity index (χ1v) is 9.06. The van der Waals surface area contributed by atoms with Crippen LogP contribution < -0.4 is 4.74 Å². The standard InChI is InChI=1S/C11H7Cl2NO.C5H2Cl2IN/c12-10-6-9(7-11(13)14-10)15-8-4-2-1-3-5-8;6-4-1-3(8)2-5(7)9-4/h1-7H;1-2H. The van der Waals surface area contributed by atoms with Gasteiger partial charge in [0.25, 0.3) is 0 Å². The molecule has 2 heterocycles. The largest absolute Gasteiger partial charge is 0.457 e. The van der Waals surface area contributed by atoms with Crippen molar-refractivity contribution in [1.82, 2.24) is 9.97 Å². The second-order valence-electron chi connectivity index (χ2n) is 4.29. The summed E-state index contributed by atoms with van der Waals surface area (Å²) in [4.78, 5) is 7.59. The maximum absolute atomic E-state index is 5.74. The van der Waals surface area contributed by atoms with Crippen LogP contribution in [-0.2, 0) is 0 Å². The zero-order valence-corrected chi connectivity index (χ0v) is 17.1. The van der Waals surface area contributed by atoms with Crippen LogP contribution in [0.5, 0.6) is 11.5 Å². The summed E-state index contributed by atoms with van der Waals surface area (Å²) in [6.07, 6.45) is 0. The summed E-state index contributed by atoms with van der Waals surface area (Å²) in [5.74, 6) is 1.31. The Bertz CT molecular complexity index is 748. The predicted octanol–water partition coefficient (Wildman–Crippen LogP) is 7.17. The SMILES string of the molecule is Clc1cc(I)cc(Cl)n1.Clc1cc(Oc2ccccc2)cc(Cl)n1. The lowest BCUT2D eigenvalue weighted by atomic mass is 10.3. The number of ether oxygens (including phenoxy) is 1. The van der Waals surface area contributed by atoms with Crippen molar-refractivity contribution in [2.45, 2.75) is 0 Å². The summed E-state index contributed by atoms with van der Waals surface area (Å²) in [5, 5.41) is 1.50. The monoisotopic (exact) mass is 512 g/mol. The summed E-state index contributed by atoms with van der Waals surface area (Å²) in [5.41, 5.74) is 0. The Hall–Kier alpha value is -0.790. The van der Waals surface area contributed by atoms with Crippen molar-refractivity contribution in [3.05, 3.63) is 78.8 Å². The lowest BCUT2D eigenvalue weighted by Gasteiger charge is -2.05. The fraction of sp³-hybridized carbons (Fsp3) is 0. The normalized spacial score (nSPS) is 9.88. The molecule has 0 radical (unpaired) electrons. The predicted molar refractivity (Wildman–Crippen MR) is 108 cm³/mol. The van der Waals surface area contributed by atoms with Gasteiger partial charge in [0, 0.05) is 15.7 Å². The fourth-order valence-corrected chi connectivity index (χ4v) is 3.42. The highest BCUT2D eigenvalue weighted by Crippen LogP contribution is 2.25. The Morgan fingerprint density at radius 2 is 1.12 bits per heavy atom. The van der Waals surface area contributed by atoms with Crippen molar-refractivity contribution >= 4 is 69.0 Å². The molecular weight excluding hydrogens is 505 g/mol. The molecule has 0 amide bonds. The van der Waals surface area contributed by atoms with E-state index in [4.69, 9.17) is 51.1 Å².